The van der Waals surface area contributed by atoms with E-state index in [2.05, 4.69) is 10.3 Å². The molecule has 3 heterocycles. The Balaban J connectivity index is 1.77. The minimum atomic E-state index is -0.407. The van der Waals surface area contributed by atoms with Gasteiger partial charge in [-0.15, -0.1) is 0 Å². The Morgan fingerprint density at radius 1 is 1.03 bits per heavy atom. The van der Waals surface area contributed by atoms with E-state index in [4.69, 9.17) is 28.3 Å². The summed E-state index contributed by atoms with van der Waals surface area (Å²) in [5, 5.41) is 9.39. The van der Waals surface area contributed by atoms with Crippen molar-refractivity contribution in [3.63, 3.8) is 0 Å². The number of aromatic nitrogens is 3. The summed E-state index contributed by atoms with van der Waals surface area (Å²) in [6.45, 7) is 1.29. The van der Waals surface area contributed by atoms with E-state index in [1.165, 1.54) is 6.07 Å². The third kappa shape index (κ3) is 3.29. The molecule has 1 N–H and O–H groups in total. The molecule has 2 aromatic carbocycles. The van der Waals surface area contributed by atoms with Crippen molar-refractivity contribution in [3.05, 3.63) is 94.1 Å². The van der Waals surface area contributed by atoms with Crippen molar-refractivity contribution in [3.8, 4) is 22.4 Å². The summed E-state index contributed by atoms with van der Waals surface area (Å²) in [6, 6.07) is 16.1. The molecule has 0 fully saturated rings. The van der Waals surface area contributed by atoms with Gasteiger partial charge in [0.2, 0.25) is 0 Å². The van der Waals surface area contributed by atoms with Crippen LogP contribution in [0.3, 0.4) is 0 Å². The smallest absolute Gasteiger partial charge is 0.134 e. The minimum Gasteiger partial charge on any atom is -0.309 e. The molecular weight excluding hydrogens is 422 g/mol. The Bertz CT molecular complexity index is 1220. The molecule has 1 unspecified atom stereocenters. The molecule has 4 aromatic rings. The maximum Gasteiger partial charge on any atom is 0.134 e. The van der Waals surface area contributed by atoms with Gasteiger partial charge < -0.3 is 5.32 Å². The van der Waals surface area contributed by atoms with Crippen LogP contribution in [0.2, 0.25) is 10.0 Å². The number of pyridine rings is 1. The number of hydrogen-bond donors (Lipinski definition) is 1. The molecule has 0 radical (unpaired) electrons. The number of rotatable bonds is 3. The van der Waals surface area contributed by atoms with E-state index in [0.29, 0.717) is 34.4 Å². The van der Waals surface area contributed by atoms with Crippen molar-refractivity contribution < 1.29 is 4.39 Å². The lowest BCUT2D eigenvalue weighted by Crippen LogP contribution is -2.34. The van der Waals surface area contributed by atoms with Crippen LogP contribution in [0.5, 0.6) is 0 Å². The fraction of sp³-hybridized carbons (Fsp3) is 0.130. The van der Waals surface area contributed by atoms with E-state index >= 15 is 0 Å². The van der Waals surface area contributed by atoms with Crippen molar-refractivity contribution >= 4 is 23.2 Å². The highest BCUT2D eigenvalue weighted by Gasteiger charge is 2.30. The molecule has 2 aromatic heterocycles. The fourth-order valence-corrected chi connectivity index (χ4v) is 4.41. The van der Waals surface area contributed by atoms with Gasteiger partial charge in [-0.2, -0.15) is 5.10 Å². The molecular formula is C23H17Cl2FN4. The van der Waals surface area contributed by atoms with Gasteiger partial charge in [0.15, 0.2) is 0 Å². The predicted octanol–water partition coefficient (Wildman–Crippen LogP) is 5.75. The second kappa shape index (κ2) is 7.84. The Kier molecular flexibility index (Phi) is 5.03. The highest BCUT2D eigenvalue weighted by Crippen LogP contribution is 2.40. The lowest BCUT2D eigenvalue weighted by molar-refractivity contribution is 0.415. The lowest BCUT2D eigenvalue weighted by Gasteiger charge is -2.27. The molecule has 1 atom stereocenters. The number of fused-ring (bicyclic) bond motifs is 1. The maximum absolute atomic E-state index is 14.9. The normalized spacial score (nSPS) is 15.8. The zero-order valence-corrected chi connectivity index (χ0v) is 17.3. The topological polar surface area (TPSA) is 42.7 Å². The van der Waals surface area contributed by atoms with Gasteiger partial charge >= 0.3 is 0 Å². The zero-order chi connectivity index (χ0) is 20.7. The first kappa shape index (κ1) is 19.2. The average Bonchev–Trinajstić information content (AvgIpc) is 3.14. The molecule has 5 rings (SSSR count). The van der Waals surface area contributed by atoms with Crippen LogP contribution in [0, 0.1) is 5.82 Å². The molecule has 7 heteroatoms. The van der Waals surface area contributed by atoms with Gasteiger partial charge in [-0.25, -0.2) is 4.39 Å². The average molecular weight is 439 g/mol. The van der Waals surface area contributed by atoms with Crippen molar-refractivity contribution in [1.82, 2.24) is 20.1 Å². The second-order valence-electron chi connectivity index (χ2n) is 7.14. The van der Waals surface area contributed by atoms with Crippen LogP contribution < -0.4 is 5.32 Å². The van der Waals surface area contributed by atoms with Crippen LogP contribution >= 0.6 is 23.2 Å². The third-order valence-electron chi connectivity index (χ3n) is 5.35. The van der Waals surface area contributed by atoms with E-state index in [1.54, 1.807) is 24.5 Å². The highest BCUT2D eigenvalue weighted by molar-refractivity contribution is 6.31. The molecule has 1 aliphatic heterocycles. The standard InChI is InChI=1S/C23H17Cl2FN4/c24-15-5-6-17(19(26)11-15)23-22(14-7-9-27-10-8-14)21-13-28-12-20(30(21)29-23)16-3-1-2-4-18(16)25/h1-11,20,28H,12-13H2. The molecule has 0 aliphatic carbocycles. The first-order valence-corrected chi connectivity index (χ1v) is 10.3. The van der Waals surface area contributed by atoms with Gasteiger partial charge in [-0.1, -0.05) is 41.4 Å². The summed E-state index contributed by atoms with van der Waals surface area (Å²) in [4.78, 5) is 4.12. The van der Waals surface area contributed by atoms with Crippen LogP contribution in [-0.2, 0) is 6.54 Å². The van der Waals surface area contributed by atoms with Crippen LogP contribution in [0.4, 0.5) is 4.39 Å². The number of halogens is 3. The number of benzene rings is 2. The molecule has 0 saturated heterocycles. The van der Waals surface area contributed by atoms with E-state index < -0.39 is 5.82 Å². The quantitative estimate of drug-likeness (QED) is 0.442. The van der Waals surface area contributed by atoms with E-state index in [-0.39, 0.29) is 6.04 Å². The van der Waals surface area contributed by atoms with Crippen LogP contribution in [0.15, 0.2) is 67.0 Å². The molecule has 1 aliphatic rings. The van der Waals surface area contributed by atoms with Gasteiger partial charge in [0.25, 0.3) is 0 Å². The monoisotopic (exact) mass is 438 g/mol. The first-order valence-electron chi connectivity index (χ1n) is 9.56. The molecule has 0 saturated carbocycles. The first-order chi connectivity index (χ1) is 14.6. The minimum absolute atomic E-state index is 0.104. The summed E-state index contributed by atoms with van der Waals surface area (Å²) >= 11 is 12.5. The molecule has 4 nitrogen and oxygen atoms in total. The van der Waals surface area contributed by atoms with Crippen molar-refractivity contribution in [1.29, 1.82) is 0 Å². The Morgan fingerprint density at radius 3 is 2.60 bits per heavy atom. The number of hydrogen-bond acceptors (Lipinski definition) is 3. The van der Waals surface area contributed by atoms with Crippen LogP contribution in [-0.4, -0.2) is 21.3 Å². The summed E-state index contributed by atoms with van der Waals surface area (Å²) in [5.74, 6) is -0.407. The second-order valence-corrected chi connectivity index (χ2v) is 7.99. The number of nitrogens with one attached hydrogen (secondary N) is 1. The van der Waals surface area contributed by atoms with Crippen LogP contribution in [0.25, 0.3) is 22.4 Å². The van der Waals surface area contributed by atoms with Crippen molar-refractivity contribution in [2.75, 3.05) is 6.54 Å². The summed E-state index contributed by atoms with van der Waals surface area (Å²) < 4.78 is 16.9. The lowest BCUT2D eigenvalue weighted by atomic mass is 9.97. The van der Waals surface area contributed by atoms with Gasteiger partial charge in [0, 0.05) is 46.7 Å². The van der Waals surface area contributed by atoms with Crippen molar-refractivity contribution in [2.24, 2.45) is 0 Å². The summed E-state index contributed by atoms with van der Waals surface area (Å²) in [7, 11) is 0. The van der Waals surface area contributed by atoms with Gasteiger partial charge in [0.1, 0.15) is 11.5 Å². The Labute approximate surface area is 183 Å². The van der Waals surface area contributed by atoms with Gasteiger partial charge in [-0.3, -0.25) is 9.67 Å². The highest BCUT2D eigenvalue weighted by atomic mass is 35.5. The Hall–Kier alpha value is -2.73. The molecule has 0 amide bonds. The van der Waals surface area contributed by atoms with E-state index in [9.17, 15) is 4.39 Å². The van der Waals surface area contributed by atoms with Crippen molar-refractivity contribution in [2.45, 2.75) is 12.6 Å². The van der Waals surface area contributed by atoms with Gasteiger partial charge in [0.05, 0.1) is 11.7 Å². The maximum atomic E-state index is 14.9. The molecule has 0 bridgehead atoms. The van der Waals surface area contributed by atoms with E-state index in [1.807, 2.05) is 41.1 Å². The SMILES string of the molecule is Fc1cc(Cl)ccc1-c1nn2c(c1-c1ccncc1)CNCC2c1ccccc1Cl. The van der Waals surface area contributed by atoms with Crippen LogP contribution in [0.1, 0.15) is 17.3 Å². The molecule has 30 heavy (non-hydrogen) atoms. The summed E-state index contributed by atoms with van der Waals surface area (Å²) in [6.07, 6.45) is 3.45. The van der Waals surface area contributed by atoms with Gasteiger partial charge in [-0.05, 0) is 47.5 Å². The third-order valence-corrected chi connectivity index (χ3v) is 5.93. The molecule has 0 spiro atoms. The summed E-state index contributed by atoms with van der Waals surface area (Å²) in [5.41, 5.74) is 4.73. The predicted molar refractivity (Wildman–Crippen MR) is 117 cm³/mol. The number of nitrogens with zero attached hydrogens (tertiary/aromatic N) is 3. The largest absolute Gasteiger partial charge is 0.309 e. The van der Waals surface area contributed by atoms with E-state index in [0.717, 1.165) is 22.4 Å². The molecule has 150 valence electrons. The fourth-order valence-electron chi connectivity index (χ4n) is 3.99. The zero-order valence-electron chi connectivity index (χ0n) is 15.8. The Morgan fingerprint density at radius 2 is 1.83 bits per heavy atom.